The van der Waals surface area contributed by atoms with Crippen LogP contribution in [0.5, 0.6) is 0 Å². The van der Waals surface area contributed by atoms with Crippen molar-refractivity contribution in [2.75, 3.05) is 49.3 Å². The van der Waals surface area contributed by atoms with Crippen molar-refractivity contribution in [1.29, 1.82) is 0 Å². The van der Waals surface area contributed by atoms with Gasteiger partial charge in [0.25, 0.3) is 0 Å². The SMILES string of the molecule is CCOC(=O)C1CC(=O)N(c2ccc(N3CCOCC3)cc2)C1. The Balaban J connectivity index is 1.67. The number of anilines is 2. The molecule has 0 aliphatic carbocycles. The third kappa shape index (κ3) is 3.47. The first-order valence-corrected chi connectivity index (χ1v) is 8.09. The maximum Gasteiger partial charge on any atom is 0.311 e. The topological polar surface area (TPSA) is 59.1 Å². The van der Waals surface area contributed by atoms with E-state index >= 15 is 0 Å². The average Bonchev–Trinajstić information content (AvgIpc) is 2.98. The third-order valence-corrected chi connectivity index (χ3v) is 4.28. The van der Waals surface area contributed by atoms with Crippen molar-refractivity contribution in [3.8, 4) is 0 Å². The van der Waals surface area contributed by atoms with Crippen LogP contribution in [-0.2, 0) is 19.1 Å². The monoisotopic (exact) mass is 318 g/mol. The van der Waals surface area contributed by atoms with E-state index in [0.29, 0.717) is 13.2 Å². The zero-order chi connectivity index (χ0) is 16.2. The summed E-state index contributed by atoms with van der Waals surface area (Å²) in [5.41, 5.74) is 1.96. The molecular weight excluding hydrogens is 296 g/mol. The zero-order valence-electron chi connectivity index (χ0n) is 13.4. The highest BCUT2D eigenvalue weighted by Crippen LogP contribution is 2.28. The molecule has 23 heavy (non-hydrogen) atoms. The lowest BCUT2D eigenvalue weighted by Gasteiger charge is -2.29. The quantitative estimate of drug-likeness (QED) is 0.786. The highest BCUT2D eigenvalue weighted by Gasteiger charge is 2.36. The van der Waals surface area contributed by atoms with E-state index < -0.39 is 0 Å². The predicted molar refractivity (Wildman–Crippen MR) is 86.6 cm³/mol. The Kier molecular flexibility index (Phi) is 4.81. The van der Waals surface area contributed by atoms with Gasteiger partial charge in [0, 0.05) is 37.4 Å². The lowest BCUT2D eigenvalue weighted by atomic mass is 10.1. The lowest BCUT2D eigenvalue weighted by Crippen LogP contribution is -2.36. The molecule has 2 aliphatic heterocycles. The van der Waals surface area contributed by atoms with Gasteiger partial charge in [-0.2, -0.15) is 0 Å². The molecule has 2 heterocycles. The van der Waals surface area contributed by atoms with Gasteiger partial charge in [0.2, 0.25) is 5.91 Å². The number of nitrogens with zero attached hydrogens (tertiary/aromatic N) is 2. The minimum Gasteiger partial charge on any atom is -0.466 e. The van der Waals surface area contributed by atoms with Gasteiger partial charge < -0.3 is 19.3 Å². The molecule has 0 saturated carbocycles. The van der Waals surface area contributed by atoms with Gasteiger partial charge in [-0.3, -0.25) is 9.59 Å². The number of hydrogen-bond acceptors (Lipinski definition) is 5. The Morgan fingerprint density at radius 2 is 1.87 bits per heavy atom. The zero-order valence-corrected chi connectivity index (χ0v) is 13.4. The molecular formula is C17H22N2O4. The standard InChI is InChI=1S/C17H22N2O4/c1-2-23-17(21)13-11-16(20)19(12-13)15-5-3-14(4-6-15)18-7-9-22-10-8-18/h3-6,13H,2,7-12H2,1H3. The van der Waals surface area contributed by atoms with Crippen molar-refractivity contribution < 1.29 is 19.1 Å². The number of ether oxygens (including phenoxy) is 2. The third-order valence-electron chi connectivity index (χ3n) is 4.28. The van der Waals surface area contributed by atoms with E-state index in [1.807, 2.05) is 24.3 Å². The molecule has 2 fully saturated rings. The van der Waals surface area contributed by atoms with Crippen molar-refractivity contribution in [3.63, 3.8) is 0 Å². The van der Waals surface area contributed by atoms with E-state index in [1.165, 1.54) is 0 Å². The highest BCUT2D eigenvalue weighted by atomic mass is 16.5. The van der Waals surface area contributed by atoms with Crippen molar-refractivity contribution in [3.05, 3.63) is 24.3 Å². The summed E-state index contributed by atoms with van der Waals surface area (Å²) in [6, 6.07) is 7.92. The highest BCUT2D eigenvalue weighted by molar-refractivity contribution is 5.99. The van der Waals surface area contributed by atoms with Crippen molar-refractivity contribution >= 4 is 23.3 Å². The fourth-order valence-corrected chi connectivity index (χ4v) is 3.04. The van der Waals surface area contributed by atoms with E-state index in [0.717, 1.165) is 37.7 Å². The molecule has 1 aromatic rings. The number of carbonyl (C=O) groups is 2. The van der Waals surface area contributed by atoms with E-state index in [2.05, 4.69) is 4.90 Å². The molecule has 0 spiro atoms. The van der Waals surface area contributed by atoms with Crippen LogP contribution in [0.25, 0.3) is 0 Å². The second-order valence-corrected chi connectivity index (χ2v) is 5.77. The van der Waals surface area contributed by atoms with E-state index in [9.17, 15) is 9.59 Å². The van der Waals surface area contributed by atoms with Gasteiger partial charge in [-0.05, 0) is 31.2 Å². The second kappa shape index (κ2) is 7.00. The molecule has 6 heteroatoms. The van der Waals surface area contributed by atoms with Gasteiger partial charge in [-0.25, -0.2) is 0 Å². The summed E-state index contributed by atoms with van der Waals surface area (Å²) in [7, 11) is 0. The largest absolute Gasteiger partial charge is 0.466 e. The Bertz CT molecular complexity index is 566. The molecule has 0 N–H and O–H groups in total. The van der Waals surface area contributed by atoms with Crippen molar-refractivity contribution in [2.24, 2.45) is 5.92 Å². The van der Waals surface area contributed by atoms with Crippen LogP contribution in [-0.4, -0.2) is 51.3 Å². The van der Waals surface area contributed by atoms with Crippen LogP contribution in [0.1, 0.15) is 13.3 Å². The molecule has 124 valence electrons. The van der Waals surface area contributed by atoms with Gasteiger partial charge in [0.15, 0.2) is 0 Å². The fraction of sp³-hybridized carbons (Fsp3) is 0.529. The van der Waals surface area contributed by atoms with Crippen LogP contribution in [0.4, 0.5) is 11.4 Å². The summed E-state index contributed by atoms with van der Waals surface area (Å²) in [5, 5.41) is 0. The maximum absolute atomic E-state index is 12.2. The molecule has 1 atom stereocenters. The van der Waals surface area contributed by atoms with Crippen molar-refractivity contribution in [1.82, 2.24) is 0 Å². The number of carbonyl (C=O) groups excluding carboxylic acids is 2. The summed E-state index contributed by atoms with van der Waals surface area (Å²) in [5.74, 6) is -0.670. The summed E-state index contributed by atoms with van der Waals surface area (Å²) in [6.45, 7) is 5.77. The number of esters is 1. The second-order valence-electron chi connectivity index (χ2n) is 5.77. The maximum atomic E-state index is 12.2. The summed E-state index contributed by atoms with van der Waals surface area (Å²) in [4.78, 5) is 27.9. The normalized spacial score (nSPS) is 21.6. The molecule has 1 unspecified atom stereocenters. The Morgan fingerprint density at radius 1 is 1.22 bits per heavy atom. The molecule has 0 radical (unpaired) electrons. The minimum absolute atomic E-state index is 0.0258. The summed E-state index contributed by atoms with van der Waals surface area (Å²) in [6.07, 6.45) is 0.226. The number of rotatable bonds is 4. The van der Waals surface area contributed by atoms with Crippen molar-refractivity contribution in [2.45, 2.75) is 13.3 Å². The van der Waals surface area contributed by atoms with E-state index in [-0.39, 0.29) is 24.2 Å². The molecule has 0 bridgehead atoms. The first kappa shape index (κ1) is 15.8. The average molecular weight is 318 g/mol. The van der Waals surface area contributed by atoms with Crippen LogP contribution in [0.15, 0.2) is 24.3 Å². The lowest BCUT2D eigenvalue weighted by molar-refractivity contribution is -0.147. The van der Waals surface area contributed by atoms with Crippen LogP contribution >= 0.6 is 0 Å². The summed E-state index contributed by atoms with van der Waals surface area (Å²) >= 11 is 0. The van der Waals surface area contributed by atoms with Gasteiger partial charge in [0.05, 0.1) is 25.7 Å². The number of morpholine rings is 1. The van der Waals surface area contributed by atoms with Gasteiger partial charge in [0.1, 0.15) is 0 Å². The first-order valence-electron chi connectivity index (χ1n) is 8.09. The number of hydrogen-bond donors (Lipinski definition) is 0. The molecule has 3 rings (SSSR count). The van der Waals surface area contributed by atoms with Crippen LogP contribution in [0.2, 0.25) is 0 Å². The molecule has 1 amide bonds. The van der Waals surface area contributed by atoms with Gasteiger partial charge in [-0.15, -0.1) is 0 Å². The molecule has 6 nitrogen and oxygen atoms in total. The fourth-order valence-electron chi connectivity index (χ4n) is 3.04. The Labute approximate surface area is 136 Å². The number of benzene rings is 1. The minimum atomic E-state index is -0.360. The molecule has 0 aromatic heterocycles. The first-order chi connectivity index (χ1) is 11.2. The Hall–Kier alpha value is -2.08. The van der Waals surface area contributed by atoms with E-state index in [4.69, 9.17) is 9.47 Å². The Morgan fingerprint density at radius 3 is 2.52 bits per heavy atom. The number of amides is 1. The smallest absolute Gasteiger partial charge is 0.311 e. The molecule has 2 saturated heterocycles. The van der Waals surface area contributed by atoms with E-state index in [1.54, 1.807) is 11.8 Å². The molecule has 2 aliphatic rings. The van der Waals surface area contributed by atoms with Crippen LogP contribution in [0, 0.1) is 5.92 Å². The molecule has 1 aromatic carbocycles. The van der Waals surface area contributed by atoms with Crippen LogP contribution in [0.3, 0.4) is 0 Å². The summed E-state index contributed by atoms with van der Waals surface area (Å²) < 4.78 is 10.4. The van der Waals surface area contributed by atoms with Gasteiger partial charge >= 0.3 is 5.97 Å². The van der Waals surface area contributed by atoms with Gasteiger partial charge in [-0.1, -0.05) is 0 Å². The van der Waals surface area contributed by atoms with Crippen LogP contribution < -0.4 is 9.80 Å². The predicted octanol–water partition coefficient (Wildman–Crippen LogP) is 1.44.